The fourth-order valence-corrected chi connectivity index (χ4v) is 4.11. The molecule has 0 atom stereocenters. The largest absolute Gasteiger partial charge is 0.477 e. The fourth-order valence-electron chi connectivity index (χ4n) is 4.11. The van der Waals surface area contributed by atoms with E-state index in [2.05, 4.69) is 22.3 Å². The molecule has 0 unspecified atom stereocenters. The molecule has 3 aromatic carbocycles. The standard InChI is InChI=1S/C27H26N4O3/c1-29-20-10-12-22(13-11-20)31-15-5-6-19-16-18(9-14-24(19)31)17-23(25(28)27(33)34)26(32)30-21-7-3-2-4-8-21/h2-4,7-14,16-17,28-29H,5-6,15H2,1H3,(H,30,32)(H,33,34)/p+1/b23-17-,28-25?. The highest BCUT2D eigenvalue weighted by atomic mass is 16.4. The van der Waals surface area contributed by atoms with Gasteiger partial charge in [0.05, 0.1) is 0 Å². The Hall–Kier alpha value is -4.23. The zero-order valence-electron chi connectivity index (χ0n) is 18.9. The Kier molecular flexibility index (Phi) is 6.85. The average molecular weight is 456 g/mol. The van der Waals surface area contributed by atoms with Crippen LogP contribution in [0.4, 0.5) is 22.7 Å². The summed E-state index contributed by atoms with van der Waals surface area (Å²) in [6.45, 7) is 0.903. The third kappa shape index (κ3) is 5.05. The molecule has 0 aromatic heterocycles. The van der Waals surface area contributed by atoms with Crippen LogP contribution in [-0.2, 0) is 16.0 Å². The lowest BCUT2D eigenvalue weighted by atomic mass is 9.97. The first-order valence-corrected chi connectivity index (χ1v) is 11.1. The molecule has 4 rings (SSSR count). The normalized spacial score (nSPS) is 13.2. The summed E-state index contributed by atoms with van der Waals surface area (Å²) in [6.07, 6.45) is 3.36. The number of carbonyl (C=O) groups excluding carboxylic acids is 1. The summed E-state index contributed by atoms with van der Waals surface area (Å²) in [5, 5.41) is 21.9. The van der Waals surface area contributed by atoms with E-state index in [4.69, 9.17) is 5.41 Å². The van der Waals surface area contributed by atoms with Gasteiger partial charge in [-0.2, -0.15) is 0 Å². The molecule has 0 bridgehead atoms. The highest BCUT2D eigenvalue weighted by Gasteiger charge is 2.25. The second-order valence-electron chi connectivity index (χ2n) is 8.10. The number of aliphatic carboxylic acids is 1. The van der Waals surface area contributed by atoms with E-state index in [0.29, 0.717) is 11.3 Å². The maximum absolute atomic E-state index is 12.9. The number of aryl methyl sites for hydroxylation is 1. The number of amides is 1. The maximum atomic E-state index is 12.9. The molecule has 34 heavy (non-hydrogen) atoms. The van der Waals surface area contributed by atoms with Crippen molar-refractivity contribution in [3.63, 3.8) is 0 Å². The van der Waals surface area contributed by atoms with Gasteiger partial charge in [0.15, 0.2) is 5.71 Å². The van der Waals surface area contributed by atoms with Gasteiger partial charge in [-0.3, -0.25) is 5.41 Å². The number of rotatable bonds is 7. The molecule has 172 valence electrons. The van der Waals surface area contributed by atoms with Crippen LogP contribution < -0.4 is 15.5 Å². The van der Waals surface area contributed by atoms with Crippen LogP contribution in [0.2, 0.25) is 0 Å². The van der Waals surface area contributed by atoms with E-state index in [1.165, 1.54) is 11.4 Å². The van der Waals surface area contributed by atoms with Gasteiger partial charge in [0.25, 0.3) is 0 Å². The second kappa shape index (κ2) is 10.1. The van der Waals surface area contributed by atoms with Crippen LogP contribution in [-0.4, -0.2) is 36.3 Å². The molecular formula is C27H27N4O3+. The van der Waals surface area contributed by atoms with Gasteiger partial charge >= 0.3 is 11.9 Å². The number of hydrogen-bond donors (Lipinski definition) is 4. The Morgan fingerprint density at radius 3 is 2.47 bits per heavy atom. The van der Waals surface area contributed by atoms with Crippen molar-refractivity contribution in [3.05, 3.63) is 89.5 Å². The molecular weight excluding hydrogens is 428 g/mol. The molecule has 0 spiro atoms. The number of fused-ring (bicyclic) bond motifs is 1. The molecule has 1 amide bonds. The van der Waals surface area contributed by atoms with E-state index >= 15 is 0 Å². The quantitative estimate of drug-likeness (QED) is 0.247. The van der Waals surface area contributed by atoms with Gasteiger partial charge in [-0.1, -0.05) is 24.3 Å². The first-order valence-electron chi connectivity index (χ1n) is 11.1. The minimum absolute atomic E-state index is 0.147. The predicted molar refractivity (Wildman–Crippen MR) is 134 cm³/mol. The number of anilines is 3. The number of hydrogen-bond acceptors (Lipinski definition) is 5. The number of nitrogens with two attached hydrogens (primary N) is 1. The number of carboxylic acid groups (broad SMARTS) is 1. The lowest BCUT2D eigenvalue weighted by Gasteiger charge is -2.31. The van der Waals surface area contributed by atoms with Crippen molar-refractivity contribution in [2.45, 2.75) is 12.8 Å². The minimum Gasteiger partial charge on any atom is -0.477 e. The highest BCUT2D eigenvalue weighted by Crippen LogP contribution is 2.34. The first-order chi connectivity index (χ1) is 16.5. The number of carbonyl (C=O) groups is 2. The van der Waals surface area contributed by atoms with E-state index < -0.39 is 17.6 Å². The average Bonchev–Trinajstić information content (AvgIpc) is 2.87. The summed E-state index contributed by atoms with van der Waals surface area (Å²) in [4.78, 5) is 26.7. The summed E-state index contributed by atoms with van der Waals surface area (Å²) < 4.78 is 0. The van der Waals surface area contributed by atoms with Gasteiger partial charge in [0.1, 0.15) is 11.3 Å². The molecule has 0 saturated carbocycles. The van der Waals surface area contributed by atoms with Crippen molar-refractivity contribution in [2.75, 3.05) is 23.8 Å². The zero-order valence-corrected chi connectivity index (χ0v) is 18.9. The third-order valence-electron chi connectivity index (χ3n) is 5.85. The zero-order chi connectivity index (χ0) is 24.1. The smallest absolute Gasteiger partial charge is 0.354 e. The molecule has 7 heteroatoms. The second-order valence-corrected chi connectivity index (χ2v) is 8.10. The van der Waals surface area contributed by atoms with Gasteiger partial charge in [0.2, 0.25) is 0 Å². The number of carboxylic acids is 1. The van der Waals surface area contributed by atoms with Crippen molar-refractivity contribution < 1.29 is 20.0 Å². The van der Waals surface area contributed by atoms with Crippen LogP contribution in [0.15, 0.2) is 78.4 Å². The number of nitrogens with one attached hydrogen (secondary N) is 2. The summed E-state index contributed by atoms with van der Waals surface area (Å²) in [7, 11) is 1.89. The van der Waals surface area contributed by atoms with Crippen molar-refractivity contribution in [2.24, 2.45) is 0 Å². The van der Waals surface area contributed by atoms with Gasteiger partial charge < -0.3 is 15.3 Å². The Labute approximate surface area is 198 Å². The third-order valence-corrected chi connectivity index (χ3v) is 5.85. The molecule has 5 N–H and O–H groups in total. The van der Waals surface area contributed by atoms with Crippen LogP contribution in [0.5, 0.6) is 0 Å². The molecule has 1 aliphatic rings. The first kappa shape index (κ1) is 22.9. The van der Waals surface area contributed by atoms with E-state index in [9.17, 15) is 14.7 Å². The molecule has 0 radical (unpaired) electrons. The Morgan fingerprint density at radius 1 is 1.06 bits per heavy atom. The highest BCUT2D eigenvalue weighted by molar-refractivity contribution is 6.48. The lowest BCUT2D eigenvalue weighted by Crippen LogP contribution is -2.83. The topological polar surface area (TPSA) is 110 Å². The van der Waals surface area contributed by atoms with Crippen LogP contribution >= 0.6 is 0 Å². The van der Waals surface area contributed by atoms with Crippen LogP contribution in [0.25, 0.3) is 6.08 Å². The SMILES string of the molecule is CNc1ccc(N2CCCc3cc(/C=C(/C(=N)C(=O)O)C(=O)[NH2+]c4ccccc4)ccc32)cc1. The van der Waals surface area contributed by atoms with Crippen molar-refractivity contribution >= 4 is 46.4 Å². The molecule has 1 heterocycles. The maximum Gasteiger partial charge on any atom is 0.354 e. The Bertz CT molecular complexity index is 1250. The Morgan fingerprint density at radius 2 is 1.79 bits per heavy atom. The monoisotopic (exact) mass is 455 g/mol. The number of benzene rings is 3. The van der Waals surface area contributed by atoms with Crippen LogP contribution in [0, 0.1) is 5.41 Å². The summed E-state index contributed by atoms with van der Waals surface area (Å²) in [5.41, 5.74) is 4.85. The molecule has 0 saturated heterocycles. The van der Waals surface area contributed by atoms with Crippen molar-refractivity contribution in [3.8, 4) is 0 Å². The molecule has 0 fully saturated rings. The van der Waals surface area contributed by atoms with Gasteiger partial charge in [0, 0.05) is 30.7 Å². The minimum atomic E-state index is -1.43. The van der Waals surface area contributed by atoms with Crippen molar-refractivity contribution in [1.82, 2.24) is 0 Å². The van der Waals surface area contributed by atoms with Crippen LogP contribution in [0.1, 0.15) is 17.5 Å². The van der Waals surface area contributed by atoms with Crippen molar-refractivity contribution in [1.29, 1.82) is 5.41 Å². The van der Waals surface area contributed by atoms with E-state index in [1.807, 2.05) is 43.4 Å². The Balaban J connectivity index is 1.65. The summed E-state index contributed by atoms with van der Waals surface area (Å²) in [6, 6.07) is 23.0. The van der Waals surface area contributed by atoms with E-state index in [0.717, 1.165) is 42.0 Å². The van der Waals surface area contributed by atoms with Gasteiger partial charge in [-0.25, -0.2) is 14.9 Å². The van der Waals surface area contributed by atoms with Gasteiger partial charge in [-0.15, -0.1) is 0 Å². The summed E-state index contributed by atoms with van der Waals surface area (Å²) in [5.74, 6) is -1.95. The van der Waals surface area contributed by atoms with E-state index in [1.54, 1.807) is 24.3 Å². The molecule has 0 aliphatic carbocycles. The lowest BCUT2D eigenvalue weighted by molar-refractivity contribution is -0.478. The van der Waals surface area contributed by atoms with Crippen LogP contribution in [0.3, 0.4) is 0 Å². The number of nitrogens with zero attached hydrogens (tertiary/aromatic N) is 1. The fraction of sp³-hybridized carbons (Fsp3) is 0.148. The molecule has 3 aromatic rings. The predicted octanol–water partition coefficient (Wildman–Crippen LogP) is 3.72. The number of quaternary nitrogens is 1. The van der Waals surface area contributed by atoms with Gasteiger partial charge in [-0.05, 0) is 78.6 Å². The number of primary amides is 1. The van der Waals surface area contributed by atoms with E-state index in [-0.39, 0.29) is 5.57 Å². The molecule has 7 nitrogen and oxygen atoms in total. The summed E-state index contributed by atoms with van der Waals surface area (Å²) >= 11 is 0. The molecule has 1 aliphatic heterocycles. The number of para-hydroxylation sites is 1.